The van der Waals surface area contributed by atoms with E-state index in [2.05, 4.69) is 4.98 Å². The quantitative estimate of drug-likeness (QED) is 0.720. The van der Waals surface area contributed by atoms with E-state index in [1.807, 2.05) is 0 Å². The third kappa shape index (κ3) is 1.57. The van der Waals surface area contributed by atoms with Crippen molar-refractivity contribution in [3.8, 4) is 0 Å². The first-order valence-corrected chi connectivity index (χ1v) is 4.47. The summed E-state index contributed by atoms with van der Waals surface area (Å²) in [5.74, 6) is -0.229. The van der Waals surface area contributed by atoms with Gasteiger partial charge in [-0.15, -0.1) is 11.6 Å². The van der Waals surface area contributed by atoms with Crippen LogP contribution in [0.2, 0.25) is 0 Å². The molecule has 0 saturated heterocycles. The van der Waals surface area contributed by atoms with Crippen LogP contribution in [-0.2, 0) is 5.88 Å². The highest BCUT2D eigenvalue weighted by atomic mass is 35.5. The molecule has 0 atom stereocenters. The Labute approximate surface area is 83.5 Å². The van der Waals surface area contributed by atoms with Crippen LogP contribution >= 0.6 is 11.6 Å². The summed E-state index contributed by atoms with van der Waals surface area (Å²) >= 11 is 5.59. The van der Waals surface area contributed by atoms with Gasteiger partial charge in [-0.25, -0.2) is 4.98 Å². The number of halogens is 3. The van der Waals surface area contributed by atoms with E-state index in [1.165, 1.54) is 0 Å². The molecule has 0 amide bonds. The summed E-state index contributed by atoms with van der Waals surface area (Å²) in [7, 11) is 0. The van der Waals surface area contributed by atoms with E-state index in [0.29, 0.717) is 17.0 Å². The molecule has 1 aromatic carbocycles. The summed E-state index contributed by atoms with van der Waals surface area (Å²) in [5.41, 5.74) is 1.59. The van der Waals surface area contributed by atoms with Crippen LogP contribution < -0.4 is 0 Å². The van der Waals surface area contributed by atoms with Crippen molar-refractivity contribution in [2.24, 2.45) is 0 Å². The van der Waals surface area contributed by atoms with Crippen LogP contribution in [0.25, 0.3) is 11.1 Å². The normalized spacial score (nSPS) is 11.4. The molecule has 0 aliphatic carbocycles. The Morgan fingerprint density at radius 3 is 2.86 bits per heavy atom. The van der Waals surface area contributed by atoms with Crippen LogP contribution in [0.3, 0.4) is 0 Å². The molecule has 0 fully saturated rings. The van der Waals surface area contributed by atoms with Crippen LogP contribution in [0, 0.1) is 0 Å². The maximum atomic E-state index is 12.2. The lowest BCUT2D eigenvalue weighted by Crippen LogP contribution is -1.80. The van der Waals surface area contributed by atoms with Crippen LogP contribution in [0.5, 0.6) is 0 Å². The molecular weight excluding hydrogens is 212 g/mol. The van der Waals surface area contributed by atoms with Crippen LogP contribution in [0.1, 0.15) is 17.9 Å². The molecule has 0 radical (unpaired) electrons. The highest BCUT2D eigenvalue weighted by Gasteiger charge is 2.15. The molecule has 14 heavy (non-hydrogen) atoms. The summed E-state index contributed by atoms with van der Waals surface area (Å²) < 4.78 is 29.3. The zero-order valence-corrected chi connectivity index (χ0v) is 7.76. The first-order chi connectivity index (χ1) is 6.70. The largest absolute Gasteiger partial charge is 0.435 e. The van der Waals surface area contributed by atoms with E-state index in [9.17, 15) is 8.78 Å². The molecule has 2 nitrogen and oxygen atoms in total. The van der Waals surface area contributed by atoms with Gasteiger partial charge in [0.25, 0.3) is 5.89 Å². The van der Waals surface area contributed by atoms with Gasteiger partial charge in [0.2, 0.25) is 0 Å². The smallest absolute Gasteiger partial charge is 0.313 e. The standard InChI is InChI=1S/C9H6ClF2NO/c10-4-5-1-2-6-7(3-5)14-9(13-6)8(11)12/h1-3,8H,4H2. The molecule has 0 aliphatic heterocycles. The summed E-state index contributed by atoms with van der Waals surface area (Å²) in [6.07, 6.45) is -2.68. The molecule has 0 N–H and O–H groups in total. The third-order valence-corrected chi connectivity index (χ3v) is 2.12. The Kier molecular flexibility index (Phi) is 2.37. The molecular formula is C9H6ClF2NO. The van der Waals surface area contributed by atoms with Gasteiger partial charge in [-0.05, 0) is 17.7 Å². The molecule has 1 heterocycles. The third-order valence-electron chi connectivity index (χ3n) is 1.81. The molecule has 2 aromatic rings. The summed E-state index contributed by atoms with van der Waals surface area (Å²) in [6.45, 7) is 0. The molecule has 0 spiro atoms. The Morgan fingerprint density at radius 2 is 2.21 bits per heavy atom. The predicted octanol–water partition coefficient (Wildman–Crippen LogP) is 3.50. The lowest BCUT2D eigenvalue weighted by Gasteiger charge is -1.91. The first-order valence-electron chi connectivity index (χ1n) is 3.94. The fraction of sp³-hybridized carbons (Fsp3) is 0.222. The maximum absolute atomic E-state index is 12.2. The van der Waals surface area contributed by atoms with Gasteiger partial charge < -0.3 is 4.42 Å². The van der Waals surface area contributed by atoms with Crippen molar-refractivity contribution in [3.63, 3.8) is 0 Å². The maximum Gasteiger partial charge on any atom is 0.313 e. The monoisotopic (exact) mass is 217 g/mol. The second-order valence-electron chi connectivity index (χ2n) is 2.79. The van der Waals surface area contributed by atoms with Gasteiger partial charge in [-0.1, -0.05) is 6.07 Å². The molecule has 2 rings (SSSR count). The second-order valence-corrected chi connectivity index (χ2v) is 3.06. The number of alkyl halides is 3. The first kappa shape index (κ1) is 9.40. The molecule has 74 valence electrons. The van der Waals surface area contributed by atoms with Crippen molar-refractivity contribution >= 4 is 22.7 Å². The highest BCUT2D eigenvalue weighted by molar-refractivity contribution is 6.17. The number of aromatic nitrogens is 1. The number of benzene rings is 1. The fourth-order valence-electron chi connectivity index (χ4n) is 1.16. The van der Waals surface area contributed by atoms with Crippen molar-refractivity contribution < 1.29 is 13.2 Å². The Morgan fingerprint density at radius 1 is 1.43 bits per heavy atom. The molecule has 5 heteroatoms. The second kappa shape index (κ2) is 3.53. The van der Waals surface area contributed by atoms with Crippen LogP contribution in [0.15, 0.2) is 22.6 Å². The van der Waals surface area contributed by atoms with Crippen molar-refractivity contribution in [1.29, 1.82) is 0 Å². The molecule has 0 aliphatic rings. The summed E-state index contributed by atoms with van der Waals surface area (Å²) in [4.78, 5) is 3.63. The summed E-state index contributed by atoms with van der Waals surface area (Å²) in [6, 6.07) is 4.96. The average Bonchev–Trinajstić information content (AvgIpc) is 2.59. The van der Waals surface area contributed by atoms with Crippen LogP contribution in [0.4, 0.5) is 8.78 Å². The van der Waals surface area contributed by atoms with Crippen molar-refractivity contribution in [1.82, 2.24) is 4.98 Å². The molecule has 0 saturated carbocycles. The van der Waals surface area contributed by atoms with Gasteiger partial charge in [-0.3, -0.25) is 0 Å². The Hall–Kier alpha value is -1.16. The minimum atomic E-state index is -2.68. The van der Waals surface area contributed by atoms with Gasteiger partial charge in [0.05, 0.1) is 0 Å². The molecule has 0 unspecified atom stereocenters. The SMILES string of the molecule is FC(F)c1nc2ccc(CCl)cc2o1. The molecule has 1 aromatic heterocycles. The lowest BCUT2D eigenvalue weighted by atomic mass is 10.2. The number of hydrogen-bond acceptors (Lipinski definition) is 2. The van der Waals surface area contributed by atoms with Crippen LogP contribution in [-0.4, -0.2) is 4.98 Å². The number of rotatable bonds is 2. The van der Waals surface area contributed by atoms with E-state index >= 15 is 0 Å². The Bertz CT molecular complexity index is 455. The minimum absolute atomic E-state index is 0.320. The van der Waals surface area contributed by atoms with Gasteiger partial charge in [0, 0.05) is 5.88 Å². The van der Waals surface area contributed by atoms with E-state index in [0.717, 1.165) is 5.56 Å². The zero-order chi connectivity index (χ0) is 10.1. The lowest BCUT2D eigenvalue weighted by molar-refractivity contribution is 0.117. The number of nitrogens with zero attached hydrogens (tertiary/aromatic N) is 1. The number of hydrogen-bond donors (Lipinski definition) is 0. The van der Waals surface area contributed by atoms with Gasteiger partial charge in [-0.2, -0.15) is 8.78 Å². The van der Waals surface area contributed by atoms with Crippen molar-refractivity contribution in [2.75, 3.05) is 0 Å². The topological polar surface area (TPSA) is 26.0 Å². The molecule has 0 bridgehead atoms. The predicted molar refractivity (Wildman–Crippen MR) is 48.5 cm³/mol. The number of fused-ring (bicyclic) bond motifs is 1. The van der Waals surface area contributed by atoms with Gasteiger partial charge >= 0.3 is 6.43 Å². The highest BCUT2D eigenvalue weighted by Crippen LogP contribution is 2.24. The Balaban J connectivity index is 2.54. The van der Waals surface area contributed by atoms with E-state index in [-0.39, 0.29) is 0 Å². The number of oxazole rings is 1. The zero-order valence-electron chi connectivity index (χ0n) is 7.01. The van der Waals surface area contributed by atoms with E-state index in [4.69, 9.17) is 16.0 Å². The van der Waals surface area contributed by atoms with Gasteiger partial charge in [0.15, 0.2) is 5.58 Å². The van der Waals surface area contributed by atoms with Crippen molar-refractivity contribution in [3.05, 3.63) is 29.7 Å². The van der Waals surface area contributed by atoms with Crippen molar-refractivity contribution in [2.45, 2.75) is 12.3 Å². The van der Waals surface area contributed by atoms with Gasteiger partial charge in [0.1, 0.15) is 5.52 Å². The summed E-state index contributed by atoms with van der Waals surface area (Å²) in [5, 5.41) is 0. The van der Waals surface area contributed by atoms with E-state index in [1.54, 1.807) is 18.2 Å². The fourth-order valence-corrected chi connectivity index (χ4v) is 1.33. The minimum Gasteiger partial charge on any atom is -0.435 e. The van der Waals surface area contributed by atoms with E-state index < -0.39 is 12.3 Å². The average molecular weight is 218 g/mol.